The molecule has 0 amide bonds. The third-order valence-corrected chi connectivity index (χ3v) is 5.42. The summed E-state index contributed by atoms with van der Waals surface area (Å²) >= 11 is 0. The van der Waals surface area contributed by atoms with E-state index in [0.717, 1.165) is 27.4 Å². The van der Waals surface area contributed by atoms with Gasteiger partial charge in [-0.3, -0.25) is 4.72 Å². The lowest BCUT2D eigenvalue weighted by Gasteiger charge is -2.09. The average Bonchev–Trinajstić information content (AvgIpc) is 2.93. The SMILES string of the molecule is Cc1cc2cc(NS(=O)(=O)c3ccc4ccccc4c3)ccc2[nH]1. The Morgan fingerprint density at radius 1 is 0.833 bits per heavy atom. The zero-order valence-corrected chi connectivity index (χ0v) is 13.9. The summed E-state index contributed by atoms with van der Waals surface area (Å²) in [7, 11) is -3.63. The van der Waals surface area contributed by atoms with Crippen molar-refractivity contribution in [3.05, 3.63) is 72.4 Å². The predicted octanol–water partition coefficient (Wildman–Crippen LogP) is 4.43. The molecule has 1 heterocycles. The highest BCUT2D eigenvalue weighted by Gasteiger charge is 2.15. The fourth-order valence-electron chi connectivity index (χ4n) is 2.89. The van der Waals surface area contributed by atoms with E-state index in [4.69, 9.17) is 0 Å². The second-order valence-corrected chi connectivity index (χ2v) is 7.55. The van der Waals surface area contributed by atoms with Gasteiger partial charge in [0.2, 0.25) is 0 Å². The van der Waals surface area contributed by atoms with Gasteiger partial charge in [0.15, 0.2) is 0 Å². The van der Waals surface area contributed by atoms with Crippen LogP contribution in [-0.2, 0) is 10.0 Å². The second-order valence-electron chi connectivity index (χ2n) is 5.87. The Hall–Kier alpha value is -2.79. The first-order valence-corrected chi connectivity index (χ1v) is 9.11. The Labute approximate surface area is 140 Å². The van der Waals surface area contributed by atoms with Crippen LogP contribution in [0.3, 0.4) is 0 Å². The first-order valence-electron chi connectivity index (χ1n) is 7.62. The molecule has 4 aromatic rings. The monoisotopic (exact) mass is 336 g/mol. The molecule has 2 N–H and O–H groups in total. The first kappa shape index (κ1) is 14.8. The molecule has 0 radical (unpaired) electrons. The summed E-state index contributed by atoms with van der Waals surface area (Å²) < 4.78 is 28.0. The topological polar surface area (TPSA) is 62.0 Å². The molecule has 0 aliphatic rings. The number of aromatic nitrogens is 1. The van der Waals surface area contributed by atoms with Gasteiger partial charge in [-0.2, -0.15) is 0 Å². The molecule has 0 aliphatic carbocycles. The zero-order valence-electron chi connectivity index (χ0n) is 13.1. The molecular formula is C19H16N2O2S. The molecular weight excluding hydrogens is 320 g/mol. The molecule has 0 unspecified atom stereocenters. The Morgan fingerprint density at radius 2 is 1.62 bits per heavy atom. The molecule has 0 saturated heterocycles. The van der Waals surface area contributed by atoms with E-state index in [9.17, 15) is 8.42 Å². The normalized spacial score (nSPS) is 11.9. The van der Waals surface area contributed by atoms with Gasteiger partial charge in [-0.25, -0.2) is 8.42 Å². The largest absolute Gasteiger partial charge is 0.359 e. The van der Waals surface area contributed by atoms with Gasteiger partial charge in [0.25, 0.3) is 10.0 Å². The lowest BCUT2D eigenvalue weighted by Crippen LogP contribution is -2.12. The minimum atomic E-state index is -3.63. The van der Waals surface area contributed by atoms with Crippen molar-refractivity contribution >= 4 is 37.4 Å². The molecule has 24 heavy (non-hydrogen) atoms. The molecule has 0 aliphatic heterocycles. The van der Waals surface area contributed by atoms with E-state index in [1.165, 1.54) is 0 Å². The lowest BCUT2D eigenvalue weighted by molar-refractivity contribution is 0.601. The van der Waals surface area contributed by atoms with Crippen LogP contribution in [0, 0.1) is 6.92 Å². The number of aromatic amines is 1. The van der Waals surface area contributed by atoms with Gasteiger partial charge >= 0.3 is 0 Å². The van der Waals surface area contributed by atoms with E-state index < -0.39 is 10.0 Å². The van der Waals surface area contributed by atoms with Gasteiger partial charge in [-0.05, 0) is 54.1 Å². The van der Waals surface area contributed by atoms with Gasteiger partial charge in [0, 0.05) is 22.3 Å². The van der Waals surface area contributed by atoms with Crippen LogP contribution in [0.25, 0.3) is 21.7 Å². The highest BCUT2D eigenvalue weighted by molar-refractivity contribution is 7.92. The minimum Gasteiger partial charge on any atom is -0.359 e. The summed E-state index contributed by atoms with van der Waals surface area (Å²) in [5.74, 6) is 0. The van der Waals surface area contributed by atoms with Crippen molar-refractivity contribution in [1.29, 1.82) is 0 Å². The van der Waals surface area contributed by atoms with E-state index in [2.05, 4.69) is 9.71 Å². The number of hydrogen-bond donors (Lipinski definition) is 2. The molecule has 1 aromatic heterocycles. The fraction of sp³-hybridized carbons (Fsp3) is 0.0526. The fourth-order valence-corrected chi connectivity index (χ4v) is 3.97. The Balaban J connectivity index is 1.72. The number of aryl methyl sites for hydroxylation is 1. The van der Waals surface area contributed by atoms with Crippen LogP contribution in [0.2, 0.25) is 0 Å². The molecule has 0 saturated carbocycles. The van der Waals surface area contributed by atoms with E-state index in [1.807, 2.05) is 55.5 Å². The van der Waals surface area contributed by atoms with Crippen molar-refractivity contribution in [3.8, 4) is 0 Å². The van der Waals surface area contributed by atoms with Crippen LogP contribution >= 0.6 is 0 Å². The van der Waals surface area contributed by atoms with Crippen molar-refractivity contribution in [3.63, 3.8) is 0 Å². The van der Waals surface area contributed by atoms with Crippen molar-refractivity contribution in [2.24, 2.45) is 0 Å². The molecule has 5 heteroatoms. The zero-order chi connectivity index (χ0) is 16.7. The number of benzene rings is 3. The number of sulfonamides is 1. The highest BCUT2D eigenvalue weighted by atomic mass is 32.2. The van der Waals surface area contributed by atoms with Crippen LogP contribution in [0.1, 0.15) is 5.69 Å². The summed E-state index contributed by atoms with van der Waals surface area (Å²) in [4.78, 5) is 3.48. The lowest BCUT2D eigenvalue weighted by atomic mass is 10.1. The summed E-state index contributed by atoms with van der Waals surface area (Å²) in [5, 5.41) is 2.89. The number of nitrogens with one attached hydrogen (secondary N) is 2. The molecule has 0 atom stereocenters. The third kappa shape index (κ3) is 2.63. The van der Waals surface area contributed by atoms with E-state index >= 15 is 0 Å². The van der Waals surface area contributed by atoms with E-state index in [-0.39, 0.29) is 4.90 Å². The van der Waals surface area contributed by atoms with Crippen molar-refractivity contribution in [1.82, 2.24) is 4.98 Å². The number of rotatable bonds is 3. The van der Waals surface area contributed by atoms with Gasteiger partial charge in [-0.15, -0.1) is 0 Å². The molecule has 120 valence electrons. The van der Waals surface area contributed by atoms with Gasteiger partial charge in [0.05, 0.1) is 4.90 Å². The maximum Gasteiger partial charge on any atom is 0.261 e. The maximum atomic E-state index is 12.7. The number of hydrogen-bond acceptors (Lipinski definition) is 2. The van der Waals surface area contributed by atoms with Crippen LogP contribution in [-0.4, -0.2) is 13.4 Å². The quantitative estimate of drug-likeness (QED) is 0.581. The van der Waals surface area contributed by atoms with E-state index in [0.29, 0.717) is 5.69 Å². The summed E-state index contributed by atoms with van der Waals surface area (Å²) in [6, 6.07) is 20.3. The number of H-pyrrole nitrogens is 1. The first-order chi connectivity index (χ1) is 11.5. The van der Waals surface area contributed by atoms with Gasteiger partial charge in [-0.1, -0.05) is 30.3 Å². The van der Waals surface area contributed by atoms with Crippen LogP contribution in [0.5, 0.6) is 0 Å². The van der Waals surface area contributed by atoms with Gasteiger partial charge in [0.1, 0.15) is 0 Å². The molecule has 0 bridgehead atoms. The number of anilines is 1. The Bertz CT molecular complexity index is 1160. The summed E-state index contributed by atoms with van der Waals surface area (Å²) in [5.41, 5.74) is 2.58. The third-order valence-electron chi connectivity index (χ3n) is 4.04. The highest BCUT2D eigenvalue weighted by Crippen LogP contribution is 2.24. The summed E-state index contributed by atoms with van der Waals surface area (Å²) in [6.45, 7) is 1.97. The van der Waals surface area contributed by atoms with Gasteiger partial charge < -0.3 is 4.98 Å². The molecule has 4 rings (SSSR count). The minimum absolute atomic E-state index is 0.256. The van der Waals surface area contributed by atoms with E-state index in [1.54, 1.807) is 18.2 Å². The summed E-state index contributed by atoms with van der Waals surface area (Å²) in [6.07, 6.45) is 0. The number of fused-ring (bicyclic) bond motifs is 2. The Kier molecular flexibility index (Phi) is 3.32. The average molecular weight is 336 g/mol. The Morgan fingerprint density at radius 3 is 2.46 bits per heavy atom. The second kappa shape index (κ2) is 5.39. The molecule has 4 nitrogen and oxygen atoms in total. The maximum absolute atomic E-state index is 12.7. The van der Waals surface area contributed by atoms with Crippen molar-refractivity contribution in [2.45, 2.75) is 11.8 Å². The molecule has 0 fully saturated rings. The van der Waals surface area contributed by atoms with Crippen LogP contribution in [0.15, 0.2) is 71.6 Å². The standard InChI is InChI=1S/C19H16N2O2S/c1-13-10-16-11-17(7-9-19(16)20-13)21-24(22,23)18-8-6-14-4-2-3-5-15(14)12-18/h2-12,20-21H,1H3. The van der Waals surface area contributed by atoms with Crippen LogP contribution < -0.4 is 4.72 Å². The molecule has 0 spiro atoms. The van der Waals surface area contributed by atoms with Crippen LogP contribution in [0.4, 0.5) is 5.69 Å². The van der Waals surface area contributed by atoms with Crippen molar-refractivity contribution < 1.29 is 8.42 Å². The smallest absolute Gasteiger partial charge is 0.261 e. The molecule has 3 aromatic carbocycles. The van der Waals surface area contributed by atoms with Crippen molar-refractivity contribution in [2.75, 3.05) is 4.72 Å². The predicted molar refractivity (Wildman–Crippen MR) is 97.8 cm³/mol.